The van der Waals surface area contributed by atoms with Crippen molar-refractivity contribution in [2.75, 3.05) is 32.7 Å². The summed E-state index contributed by atoms with van der Waals surface area (Å²) in [4.78, 5) is 5.11. The van der Waals surface area contributed by atoms with Crippen LogP contribution in [0.15, 0.2) is 18.2 Å². The number of likely N-dealkylation sites (N-methyl/N-ethyl adjacent to an activating group) is 1. The third-order valence-electron chi connectivity index (χ3n) is 4.90. The quantitative estimate of drug-likeness (QED) is 0.818. The minimum atomic E-state index is -0.0827. The highest BCUT2D eigenvalue weighted by Crippen LogP contribution is 2.35. The van der Waals surface area contributed by atoms with Gasteiger partial charge in [-0.3, -0.25) is 4.90 Å². The Balaban J connectivity index is 1.79. The monoisotopic (exact) mass is 276 g/mol. The van der Waals surface area contributed by atoms with E-state index in [2.05, 4.69) is 16.7 Å². The lowest BCUT2D eigenvalue weighted by Gasteiger charge is -2.35. The summed E-state index contributed by atoms with van der Waals surface area (Å²) in [7, 11) is 0. The van der Waals surface area contributed by atoms with E-state index in [1.165, 1.54) is 36.9 Å². The van der Waals surface area contributed by atoms with Crippen molar-refractivity contribution in [1.29, 1.82) is 0 Å². The molecule has 0 bridgehead atoms. The fourth-order valence-electron chi connectivity index (χ4n) is 3.74. The summed E-state index contributed by atoms with van der Waals surface area (Å²) in [6, 6.07) is 5.82. The van der Waals surface area contributed by atoms with Crippen molar-refractivity contribution in [3.05, 3.63) is 35.1 Å². The van der Waals surface area contributed by atoms with Crippen molar-refractivity contribution < 1.29 is 4.39 Å². The Morgan fingerprint density at radius 1 is 1.15 bits per heavy atom. The summed E-state index contributed by atoms with van der Waals surface area (Å²) in [5.74, 6) is -0.0827. The van der Waals surface area contributed by atoms with E-state index in [0.29, 0.717) is 6.04 Å². The van der Waals surface area contributed by atoms with Gasteiger partial charge in [-0.15, -0.1) is 0 Å². The van der Waals surface area contributed by atoms with Crippen LogP contribution >= 0.6 is 0 Å². The van der Waals surface area contributed by atoms with Gasteiger partial charge in [0.2, 0.25) is 0 Å². The number of hydrogen-bond acceptors (Lipinski definition) is 2. The Bertz CT molecular complexity index is 460. The highest BCUT2D eigenvalue weighted by atomic mass is 19.1. The van der Waals surface area contributed by atoms with E-state index >= 15 is 0 Å². The Kier molecular flexibility index (Phi) is 4.37. The zero-order valence-corrected chi connectivity index (χ0v) is 12.4. The molecule has 110 valence electrons. The Morgan fingerprint density at radius 2 is 2.05 bits per heavy atom. The van der Waals surface area contributed by atoms with Crippen molar-refractivity contribution in [2.24, 2.45) is 0 Å². The molecule has 1 aromatic rings. The minimum absolute atomic E-state index is 0.0827. The van der Waals surface area contributed by atoms with E-state index in [-0.39, 0.29) is 5.82 Å². The van der Waals surface area contributed by atoms with Gasteiger partial charge in [-0.05, 0) is 62.0 Å². The number of hydrogen-bond donors (Lipinski definition) is 0. The first-order valence-corrected chi connectivity index (χ1v) is 8.02. The topological polar surface area (TPSA) is 6.48 Å². The Hall–Kier alpha value is -0.930. The van der Waals surface area contributed by atoms with Crippen LogP contribution in [0.25, 0.3) is 0 Å². The molecule has 1 aliphatic carbocycles. The molecule has 2 aliphatic rings. The number of aryl methyl sites for hydroxylation is 1. The molecule has 0 radical (unpaired) electrons. The maximum atomic E-state index is 13.6. The molecular formula is C17H25FN2. The average Bonchev–Trinajstić information content (AvgIpc) is 2.72. The zero-order chi connectivity index (χ0) is 13.9. The molecule has 1 fully saturated rings. The highest BCUT2D eigenvalue weighted by molar-refractivity contribution is 5.33. The number of halogens is 1. The van der Waals surface area contributed by atoms with Gasteiger partial charge in [0.05, 0.1) is 0 Å². The Morgan fingerprint density at radius 3 is 2.90 bits per heavy atom. The van der Waals surface area contributed by atoms with Crippen molar-refractivity contribution >= 4 is 0 Å². The third kappa shape index (κ3) is 2.89. The molecule has 3 heteroatoms. The molecule has 1 aliphatic heterocycles. The van der Waals surface area contributed by atoms with Gasteiger partial charge in [-0.1, -0.05) is 13.0 Å². The van der Waals surface area contributed by atoms with Crippen LogP contribution < -0.4 is 0 Å². The van der Waals surface area contributed by atoms with E-state index < -0.39 is 0 Å². The molecule has 1 saturated heterocycles. The predicted octanol–water partition coefficient (Wildman–Crippen LogP) is 3.23. The van der Waals surface area contributed by atoms with Crippen LogP contribution in [-0.4, -0.2) is 42.5 Å². The average molecular weight is 276 g/mol. The lowest BCUT2D eigenvalue weighted by atomic mass is 9.86. The van der Waals surface area contributed by atoms with E-state index in [1.807, 2.05) is 6.07 Å². The maximum Gasteiger partial charge on any atom is 0.123 e. The van der Waals surface area contributed by atoms with Crippen LogP contribution in [0, 0.1) is 5.82 Å². The number of fused-ring (bicyclic) bond motifs is 1. The van der Waals surface area contributed by atoms with Crippen molar-refractivity contribution in [2.45, 2.75) is 38.6 Å². The SMILES string of the molecule is CCN1CCCN([C@H]2CCCc3ccc(F)cc32)CC1. The summed E-state index contributed by atoms with van der Waals surface area (Å²) in [6.45, 7) is 8.00. The lowest BCUT2D eigenvalue weighted by Crippen LogP contribution is -2.35. The third-order valence-corrected chi connectivity index (χ3v) is 4.90. The predicted molar refractivity (Wildman–Crippen MR) is 80.4 cm³/mol. The molecule has 1 aromatic carbocycles. The van der Waals surface area contributed by atoms with Crippen molar-refractivity contribution in [1.82, 2.24) is 9.80 Å². The molecule has 1 heterocycles. The summed E-state index contributed by atoms with van der Waals surface area (Å²) in [5.41, 5.74) is 2.61. The molecule has 0 amide bonds. The summed E-state index contributed by atoms with van der Waals surface area (Å²) >= 11 is 0. The lowest BCUT2D eigenvalue weighted by molar-refractivity contribution is 0.182. The van der Waals surface area contributed by atoms with Gasteiger partial charge < -0.3 is 4.90 Å². The summed E-state index contributed by atoms with van der Waals surface area (Å²) in [6.07, 6.45) is 4.76. The smallest absolute Gasteiger partial charge is 0.123 e. The van der Waals surface area contributed by atoms with Gasteiger partial charge in [0.1, 0.15) is 5.82 Å². The van der Waals surface area contributed by atoms with Crippen molar-refractivity contribution in [3.8, 4) is 0 Å². The molecule has 3 rings (SSSR count). The molecule has 2 nitrogen and oxygen atoms in total. The van der Waals surface area contributed by atoms with Crippen LogP contribution in [0.4, 0.5) is 4.39 Å². The zero-order valence-electron chi connectivity index (χ0n) is 12.4. The summed E-state index contributed by atoms with van der Waals surface area (Å²) in [5, 5.41) is 0. The first kappa shape index (κ1) is 14.0. The molecule has 0 N–H and O–H groups in total. The first-order valence-electron chi connectivity index (χ1n) is 8.02. The van der Waals surface area contributed by atoms with Gasteiger partial charge in [-0.25, -0.2) is 4.39 Å². The van der Waals surface area contributed by atoms with E-state index in [4.69, 9.17) is 0 Å². The second-order valence-corrected chi connectivity index (χ2v) is 6.07. The molecule has 1 atom stereocenters. The van der Waals surface area contributed by atoms with Crippen LogP contribution in [0.2, 0.25) is 0 Å². The van der Waals surface area contributed by atoms with E-state index in [9.17, 15) is 4.39 Å². The number of nitrogens with zero attached hydrogens (tertiary/aromatic N) is 2. The standard InChI is InChI=1S/C17H25FN2/c1-2-19-9-4-10-20(12-11-19)17-6-3-5-14-7-8-15(18)13-16(14)17/h7-8,13,17H,2-6,9-12H2,1H3/t17-/m0/s1. The van der Waals surface area contributed by atoms with E-state index in [1.54, 1.807) is 12.1 Å². The van der Waals surface area contributed by atoms with E-state index in [0.717, 1.165) is 32.6 Å². The summed E-state index contributed by atoms with van der Waals surface area (Å²) < 4.78 is 13.6. The van der Waals surface area contributed by atoms with Gasteiger partial charge in [0, 0.05) is 25.7 Å². The van der Waals surface area contributed by atoms with Crippen molar-refractivity contribution in [3.63, 3.8) is 0 Å². The van der Waals surface area contributed by atoms with Crippen LogP contribution in [0.3, 0.4) is 0 Å². The fraction of sp³-hybridized carbons (Fsp3) is 0.647. The fourth-order valence-corrected chi connectivity index (χ4v) is 3.74. The maximum absolute atomic E-state index is 13.6. The molecule has 0 saturated carbocycles. The first-order chi connectivity index (χ1) is 9.78. The second-order valence-electron chi connectivity index (χ2n) is 6.07. The van der Waals surface area contributed by atoms with Crippen LogP contribution in [-0.2, 0) is 6.42 Å². The van der Waals surface area contributed by atoms with Gasteiger partial charge in [0.25, 0.3) is 0 Å². The minimum Gasteiger partial charge on any atom is -0.302 e. The normalized spacial score (nSPS) is 25.2. The molecule has 0 spiro atoms. The van der Waals surface area contributed by atoms with Crippen LogP contribution in [0.5, 0.6) is 0 Å². The molecule has 0 unspecified atom stereocenters. The van der Waals surface area contributed by atoms with Gasteiger partial charge >= 0.3 is 0 Å². The van der Waals surface area contributed by atoms with Gasteiger partial charge in [-0.2, -0.15) is 0 Å². The molecule has 20 heavy (non-hydrogen) atoms. The second kappa shape index (κ2) is 6.23. The number of benzene rings is 1. The van der Waals surface area contributed by atoms with Gasteiger partial charge in [0.15, 0.2) is 0 Å². The largest absolute Gasteiger partial charge is 0.302 e. The molecular weight excluding hydrogens is 251 g/mol. The number of rotatable bonds is 2. The molecule has 0 aromatic heterocycles. The Labute approximate surface area is 121 Å². The highest BCUT2D eigenvalue weighted by Gasteiger charge is 2.27. The van der Waals surface area contributed by atoms with Crippen LogP contribution in [0.1, 0.15) is 43.4 Å².